The van der Waals surface area contributed by atoms with Crippen LogP contribution in [-0.2, 0) is 4.79 Å². The van der Waals surface area contributed by atoms with Crippen LogP contribution in [-0.4, -0.2) is 18.9 Å². The van der Waals surface area contributed by atoms with E-state index in [0.29, 0.717) is 0 Å². The lowest BCUT2D eigenvalue weighted by atomic mass is 10.2. The van der Waals surface area contributed by atoms with E-state index in [4.69, 9.17) is 0 Å². The SMILES string of the molecule is C=C[C@H](NC)C(C)=O. The molecule has 0 fully saturated rings. The number of carbonyl (C=O) groups is 1. The molecule has 0 saturated heterocycles. The molecule has 0 aromatic rings. The molecule has 0 aromatic heterocycles. The summed E-state index contributed by atoms with van der Waals surface area (Å²) >= 11 is 0. The summed E-state index contributed by atoms with van der Waals surface area (Å²) in [6.45, 7) is 5.00. The smallest absolute Gasteiger partial charge is 0.150 e. The highest BCUT2D eigenvalue weighted by atomic mass is 16.1. The van der Waals surface area contributed by atoms with Crippen LogP contribution in [0.15, 0.2) is 12.7 Å². The van der Waals surface area contributed by atoms with E-state index in [1.807, 2.05) is 0 Å². The van der Waals surface area contributed by atoms with E-state index in [9.17, 15) is 4.79 Å². The lowest BCUT2D eigenvalue weighted by Crippen LogP contribution is -2.29. The maximum atomic E-state index is 10.5. The van der Waals surface area contributed by atoms with Crippen LogP contribution < -0.4 is 5.32 Å². The van der Waals surface area contributed by atoms with Crippen LogP contribution >= 0.6 is 0 Å². The zero-order valence-corrected chi connectivity index (χ0v) is 5.27. The average Bonchev–Trinajstić information content (AvgIpc) is 1.69. The first kappa shape index (κ1) is 7.37. The molecule has 0 rings (SSSR count). The molecule has 0 bridgehead atoms. The van der Waals surface area contributed by atoms with Crippen molar-refractivity contribution in [2.24, 2.45) is 0 Å². The summed E-state index contributed by atoms with van der Waals surface area (Å²) in [6, 6.07) is -0.171. The molecule has 0 unspecified atom stereocenters. The molecular weight excluding hydrogens is 102 g/mol. The first-order valence-corrected chi connectivity index (χ1v) is 2.52. The summed E-state index contributed by atoms with van der Waals surface area (Å²) in [4.78, 5) is 10.5. The number of rotatable bonds is 3. The van der Waals surface area contributed by atoms with Gasteiger partial charge >= 0.3 is 0 Å². The van der Waals surface area contributed by atoms with Gasteiger partial charge in [-0.25, -0.2) is 0 Å². The standard InChI is InChI=1S/C6H11NO/c1-4-6(7-3)5(2)8/h4,6-7H,1H2,2-3H3/t6-/m0/s1. The molecule has 0 radical (unpaired) electrons. The van der Waals surface area contributed by atoms with Gasteiger partial charge in [0.1, 0.15) is 0 Å². The summed E-state index contributed by atoms with van der Waals surface area (Å²) in [6.07, 6.45) is 1.59. The van der Waals surface area contributed by atoms with Gasteiger partial charge in [0, 0.05) is 0 Å². The summed E-state index contributed by atoms with van der Waals surface area (Å²) in [5, 5.41) is 2.78. The number of Topliss-reactive ketones (excluding diaryl/α,β-unsaturated/α-hetero) is 1. The first-order chi connectivity index (χ1) is 3.72. The van der Waals surface area contributed by atoms with Crippen LogP contribution in [0.4, 0.5) is 0 Å². The third-order valence-corrected chi connectivity index (χ3v) is 0.985. The maximum absolute atomic E-state index is 10.5. The fourth-order valence-electron chi connectivity index (χ4n) is 0.487. The van der Waals surface area contributed by atoms with Crippen molar-refractivity contribution in [3.8, 4) is 0 Å². The Hall–Kier alpha value is -0.630. The molecule has 0 spiro atoms. The lowest BCUT2D eigenvalue weighted by Gasteiger charge is -2.03. The van der Waals surface area contributed by atoms with E-state index in [1.54, 1.807) is 13.1 Å². The molecular formula is C6H11NO. The molecule has 0 aliphatic rings. The minimum atomic E-state index is -0.171. The van der Waals surface area contributed by atoms with Crippen molar-refractivity contribution < 1.29 is 4.79 Å². The highest BCUT2D eigenvalue weighted by Crippen LogP contribution is 1.82. The number of carbonyl (C=O) groups excluding carboxylic acids is 1. The molecule has 1 atom stereocenters. The molecule has 8 heavy (non-hydrogen) atoms. The van der Waals surface area contributed by atoms with Crippen molar-refractivity contribution in [2.75, 3.05) is 7.05 Å². The Kier molecular flexibility index (Phi) is 3.12. The minimum Gasteiger partial charge on any atom is -0.307 e. The number of hydrogen-bond donors (Lipinski definition) is 1. The first-order valence-electron chi connectivity index (χ1n) is 2.52. The van der Waals surface area contributed by atoms with Gasteiger partial charge in [0.25, 0.3) is 0 Å². The van der Waals surface area contributed by atoms with Crippen LogP contribution in [0, 0.1) is 0 Å². The molecule has 2 nitrogen and oxygen atoms in total. The van der Waals surface area contributed by atoms with Crippen molar-refractivity contribution in [2.45, 2.75) is 13.0 Å². The van der Waals surface area contributed by atoms with E-state index in [0.717, 1.165) is 0 Å². The molecule has 0 aliphatic heterocycles. The maximum Gasteiger partial charge on any atom is 0.150 e. The molecule has 0 heterocycles. The van der Waals surface area contributed by atoms with Crippen LogP contribution in [0.2, 0.25) is 0 Å². The zero-order valence-electron chi connectivity index (χ0n) is 5.27. The van der Waals surface area contributed by atoms with E-state index in [-0.39, 0.29) is 11.8 Å². The van der Waals surface area contributed by atoms with Gasteiger partial charge in [-0.2, -0.15) is 0 Å². The Bertz CT molecular complexity index is 98.7. The highest BCUT2D eigenvalue weighted by Gasteiger charge is 2.03. The normalized spacial score (nSPS) is 12.8. The Morgan fingerprint density at radius 1 is 1.88 bits per heavy atom. The fourth-order valence-corrected chi connectivity index (χ4v) is 0.487. The average molecular weight is 113 g/mol. The molecule has 0 aliphatic carbocycles. The molecule has 1 N–H and O–H groups in total. The Morgan fingerprint density at radius 2 is 2.38 bits per heavy atom. The topological polar surface area (TPSA) is 29.1 Å². The number of nitrogens with one attached hydrogen (secondary N) is 1. The fraction of sp³-hybridized carbons (Fsp3) is 0.500. The summed E-state index contributed by atoms with van der Waals surface area (Å²) in [5.74, 6) is 0.0995. The molecule has 0 aromatic carbocycles. The molecule has 2 heteroatoms. The molecule has 0 amide bonds. The second-order valence-electron chi connectivity index (χ2n) is 1.61. The lowest BCUT2D eigenvalue weighted by molar-refractivity contribution is -0.117. The predicted molar refractivity (Wildman–Crippen MR) is 33.7 cm³/mol. The van der Waals surface area contributed by atoms with E-state index < -0.39 is 0 Å². The molecule has 46 valence electrons. The summed E-state index contributed by atoms with van der Waals surface area (Å²) < 4.78 is 0. The van der Waals surface area contributed by atoms with E-state index >= 15 is 0 Å². The Labute approximate surface area is 49.6 Å². The third-order valence-electron chi connectivity index (χ3n) is 0.985. The van der Waals surface area contributed by atoms with Crippen molar-refractivity contribution in [1.82, 2.24) is 5.32 Å². The second-order valence-corrected chi connectivity index (χ2v) is 1.61. The van der Waals surface area contributed by atoms with E-state index in [2.05, 4.69) is 11.9 Å². The van der Waals surface area contributed by atoms with Gasteiger partial charge in [-0.05, 0) is 14.0 Å². The van der Waals surface area contributed by atoms with Gasteiger partial charge in [0.2, 0.25) is 0 Å². The van der Waals surface area contributed by atoms with Crippen molar-refractivity contribution >= 4 is 5.78 Å². The van der Waals surface area contributed by atoms with Crippen LogP contribution in [0.1, 0.15) is 6.92 Å². The third kappa shape index (κ3) is 1.89. The van der Waals surface area contributed by atoms with Crippen molar-refractivity contribution in [3.63, 3.8) is 0 Å². The minimum absolute atomic E-state index is 0.0995. The second kappa shape index (κ2) is 3.38. The van der Waals surface area contributed by atoms with E-state index in [1.165, 1.54) is 6.92 Å². The van der Waals surface area contributed by atoms with Gasteiger partial charge in [0.05, 0.1) is 6.04 Å². The summed E-state index contributed by atoms with van der Waals surface area (Å²) in [7, 11) is 1.73. The summed E-state index contributed by atoms with van der Waals surface area (Å²) in [5.41, 5.74) is 0. The van der Waals surface area contributed by atoms with Gasteiger partial charge < -0.3 is 5.32 Å². The number of ketones is 1. The quantitative estimate of drug-likeness (QED) is 0.535. The Morgan fingerprint density at radius 3 is 2.38 bits per heavy atom. The predicted octanol–water partition coefficient (Wildman–Crippen LogP) is 0.349. The number of likely N-dealkylation sites (N-methyl/N-ethyl adjacent to an activating group) is 1. The van der Waals surface area contributed by atoms with Crippen LogP contribution in [0.3, 0.4) is 0 Å². The highest BCUT2D eigenvalue weighted by molar-refractivity contribution is 5.83. The largest absolute Gasteiger partial charge is 0.307 e. The molecule has 0 saturated carbocycles. The van der Waals surface area contributed by atoms with Crippen molar-refractivity contribution in [3.05, 3.63) is 12.7 Å². The van der Waals surface area contributed by atoms with Gasteiger partial charge in [0.15, 0.2) is 5.78 Å². The van der Waals surface area contributed by atoms with Gasteiger partial charge in [-0.15, -0.1) is 6.58 Å². The van der Waals surface area contributed by atoms with Gasteiger partial charge in [-0.1, -0.05) is 6.08 Å². The Balaban J connectivity index is 3.69. The van der Waals surface area contributed by atoms with Crippen LogP contribution in [0.25, 0.3) is 0 Å². The monoisotopic (exact) mass is 113 g/mol. The van der Waals surface area contributed by atoms with Crippen LogP contribution in [0.5, 0.6) is 0 Å². The number of hydrogen-bond acceptors (Lipinski definition) is 2. The van der Waals surface area contributed by atoms with Crippen molar-refractivity contribution in [1.29, 1.82) is 0 Å². The van der Waals surface area contributed by atoms with Gasteiger partial charge in [-0.3, -0.25) is 4.79 Å². The zero-order chi connectivity index (χ0) is 6.57.